The third kappa shape index (κ3) is 5.44. The lowest BCUT2D eigenvalue weighted by atomic mass is 10.0. The van der Waals surface area contributed by atoms with Crippen LogP contribution in [-0.2, 0) is 9.09 Å². The summed E-state index contributed by atoms with van der Waals surface area (Å²) in [6, 6.07) is 1.79. The first kappa shape index (κ1) is 17.0. The number of hydrogen-bond acceptors (Lipinski definition) is 5. The van der Waals surface area contributed by atoms with Crippen molar-refractivity contribution in [2.45, 2.75) is 44.6 Å². The Morgan fingerprint density at radius 3 is 2.45 bits per heavy atom. The molecular weight excluding hydrogens is 301 g/mol. The van der Waals surface area contributed by atoms with E-state index in [-0.39, 0.29) is 6.10 Å². The van der Waals surface area contributed by atoms with E-state index in [1.54, 1.807) is 18.3 Å². The van der Waals surface area contributed by atoms with Gasteiger partial charge in [-0.2, -0.15) is 0 Å². The average Bonchev–Trinajstić information content (AvgIpc) is 2.46. The summed E-state index contributed by atoms with van der Waals surface area (Å²) in [4.78, 5) is 19.3. The standard InChI is InChI=1S/C11H14N3O3P.C4H8/c1-2-9-3-6-12-11(13-9)14-7-4-10(5-8-14)17-18(15)16;1-2-4-3-1/h2-3,6,10H,1,4-5,7-8H2;1-4H2/p+1. The Morgan fingerprint density at radius 1 is 1.32 bits per heavy atom. The SMILES string of the molecule is C1CCC1.C=Cc1ccnc(N2CCC(O[P+](=O)O)CC2)n1. The number of aromatic nitrogens is 2. The molecule has 1 aliphatic heterocycles. The maximum atomic E-state index is 10.6. The summed E-state index contributed by atoms with van der Waals surface area (Å²) < 4.78 is 15.5. The second kappa shape index (κ2) is 8.93. The first-order chi connectivity index (χ1) is 10.7. The lowest BCUT2D eigenvalue weighted by Crippen LogP contribution is -2.37. The number of piperidine rings is 1. The zero-order valence-corrected chi connectivity index (χ0v) is 13.6. The number of hydrogen-bond donors (Lipinski definition) is 1. The predicted molar refractivity (Wildman–Crippen MR) is 86.7 cm³/mol. The molecule has 1 saturated carbocycles. The molecule has 120 valence electrons. The average molecular weight is 324 g/mol. The maximum Gasteiger partial charge on any atom is 0.694 e. The lowest BCUT2D eigenvalue weighted by molar-refractivity contribution is 0.161. The minimum absolute atomic E-state index is 0.155. The van der Waals surface area contributed by atoms with Crippen LogP contribution in [-0.4, -0.2) is 34.1 Å². The summed E-state index contributed by atoms with van der Waals surface area (Å²) in [5.41, 5.74) is 0.789. The molecule has 22 heavy (non-hydrogen) atoms. The van der Waals surface area contributed by atoms with E-state index in [0.29, 0.717) is 31.9 Å². The van der Waals surface area contributed by atoms with Crippen molar-refractivity contribution in [2.75, 3.05) is 18.0 Å². The highest BCUT2D eigenvalue weighted by molar-refractivity contribution is 7.32. The first-order valence-corrected chi connectivity index (χ1v) is 8.85. The Hall–Kier alpha value is -1.36. The minimum atomic E-state index is -2.51. The molecule has 0 bridgehead atoms. The van der Waals surface area contributed by atoms with Gasteiger partial charge in [0.15, 0.2) is 0 Å². The zero-order valence-electron chi connectivity index (χ0n) is 12.7. The summed E-state index contributed by atoms with van der Waals surface area (Å²) >= 11 is 0. The fourth-order valence-electron chi connectivity index (χ4n) is 2.17. The summed E-state index contributed by atoms with van der Waals surface area (Å²) in [6.07, 6.45) is 10.6. The molecule has 1 saturated heterocycles. The van der Waals surface area contributed by atoms with Gasteiger partial charge in [-0.15, -0.1) is 9.42 Å². The summed E-state index contributed by atoms with van der Waals surface area (Å²) in [5.74, 6) is 0.666. The molecule has 1 N–H and O–H groups in total. The van der Waals surface area contributed by atoms with Crippen molar-refractivity contribution >= 4 is 20.3 Å². The summed E-state index contributed by atoms with van der Waals surface area (Å²) in [7, 11) is -2.51. The van der Waals surface area contributed by atoms with Crippen molar-refractivity contribution in [1.82, 2.24) is 9.97 Å². The van der Waals surface area contributed by atoms with Gasteiger partial charge >= 0.3 is 8.25 Å². The largest absolute Gasteiger partial charge is 0.694 e. The van der Waals surface area contributed by atoms with Gasteiger partial charge in [0.05, 0.1) is 5.69 Å². The van der Waals surface area contributed by atoms with Crippen LogP contribution in [0.15, 0.2) is 18.8 Å². The van der Waals surface area contributed by atoms with Crippen molar-refractivity contribution in [3.8, 4) is 0 Å². The Labute approximate surface area is 132 Å². The van der Waals surface area contributed by atoms with Crippen molar-refractivity contribution in [2.24, 2.45) is 0 Å². The molecular formula is C15H23N3O3P+. The van der Waals surface area contributed by atoms with Crippen LogP contribution in [0.4, 0.5) is 5.95 Å². The Kier molecular flexibility index (Phi) is 6.90. The van der Waals surface area contributed by atoms with Crippen molar-refractivity contribution in [3.05, 3.63) is 24.5 Å². The monoisotopic (exact) mass is 324 g/mol. The normalized spacial score (nSPS) is 18.8. The van der Waals surface area contributed by atoms with E-state index in [1.807, 2.05) is 4.90 Å². The molecule has 1 aromatic rings. The number of anilines is 1. The highest BCUT2D eigenvalue weighted by Crippen LogP contribution is 2.26. The minimum Gasteiger partial charge on any atom is -0.341 e. The molecule has 3 rings (SSSR count). The molecule has 0 aromatic carbocycles. The van der Waals surface area contributed by atoms with Crippen LogP contribution in [0.2, 0.25) is 0 Å². The molecule has 2 aliphatic rings. The van der Waals surface area contributed by atoms with Gasteiger partial charge in [-0.1, -0.05) is 32.3 Å². The lowest BCUT2D eigenvalue weighted by Gasteiger charge is -2.29. The zero-order chi connectivity index (χ0) is 15.8. The van der Waals surface area contributed by atoms with Gasteiger partial charge < -0.3 is 4.90 Å². The highest BCUT2D eigenvalue weighted by Gasteiger charge is 2.28. The molecule has 1 unspecified atom stereocenters. The van der Waals surface area contributed by atoms with Gasteiger partial charge in [0.1, 0.15) is 6.10 Å². The van der Waals surface area contributed by atoms with Crippen LogP contribution in [0.25, 0.3) is 6.08 Å². The van der Waals surface area contributed by atoms with Crippen LogP contribution >= 0.6 is 8.25 Å². The third-order valence-corrected chi connectivity index (χ3v) is 4.32. The number of nitrogens with zero attached hydrogens (tertiary/aromatic N) is 3. The van der Waals surface area contributed by atoms with Crippen LogP contribution in [0.1, 0.15) is 44.2 Å². The fourth-order valence-corrected chi connectivity index (χ4v) is 2.63. The van der Waals surface area contributed by atoms with E-state index in [2.05, 4.69) is 16.5 Å². The van der Waals surface area contributed by atoms with E-state index in [1.165, 1.54) is 25.7 Å². The van der Waals surface area contributed by atoms with Crippen molar-refractivity contribution in [3.63, 3.8) is 0 Å². The van der Waals surface area contributed by atoms with Gasteiger partial charge in [-0.25, -0.2) is 9.97 Å². The molecule has 0 spiro atoms. The van der Waals surface area contributed by atoms with Gasteiger partial charge in [-0.3, -0.25) is 0 Å². The third-order valence-electron chi connectivity index (χ3n) is 3.84. The quantitative estimate of drug-likeness (QED) is 0.856. The second-order valence-corrected chi connectivity index (χ2v) is 6.12. The van der Waals surface area contributed by atoms with E-state index < -0.39 is 8.25 Å². The molecule has 1 aromatic heterocycles. The molecule has 1 atom stereocenters. The van der Waals surface area contributed by atoms with Crippen molar-refractivity contribution < 1.29 is 14.0 Å². The predicted octanol–water partition coefficient (Wildman–Crippen LogP) is 3.32. The van der Waals surface area contributed by atoms with Crippen LogP contribution in [0.3, 0.4) is 0 Å². The molecule has 2 fully saturated rings. The molecule has 6 nitrogen and oxygen atoms in total. The topological polar surface area (TPSA) is 75.6 Å². The van der Waals surface area contributed by atoms with Crippen LogP contribution < -0.4 is 4.90 Å². The van der Waals surface area contributed by atoms with Crippen LogP contribution in [0, 0.1) is 0 Å². The second-order valence-electron chi connectivity index (χ2n) is 5.43. The van der Waals surface area contributed by atoms with Crippen LogP contribution in [0.5, 0.6) is 0 Å². The van der Waals surface area contributed by atoms with Gasteiger partial charge in [-0.05, 0) is 25.0 Å². The highest BCUT2D eigenvalue weighted by atomic mass is 31.1. The maximum absolute atomic E-state index is 10.6. The molecule has 1 aliphatic carbocycles. The summed E-state index contributed by atoms with van der Waals surface area (Å²) in [5, 5.41) is 0. The van der Waals surface area contributed by atoms with E-state index >= 15 is 0 Å². The Morgan fingerprint density at radius 2 is 1.95 bits per heavy atom. The first-order valence-electron chi connectivity index (χ1n) is 7.72. The number of rotatable bonds is 4. The van der Waals surface area contributed by atoms with Gasteiger partial charge in [0, 0.05) is 23.9 Å². The van der Waals surface area contributed by atoms with Crippen molar-refractivity contribution in [1.29, 1.82) is 0 Å². The van der Waals surface area contributed by atoms with E-state index in [0.717, 1.165) is 5.69 Å². The Balaban J connectivity index is 0.000000381. The van der Waals surface area contributed by atoms with E-state index in [9.17, 15) is 4.57 Å². The fraction of sp³-hybridized carbons (Fsp3) is 0.600. The molecule has 0 radical (unpaired) electrons. The molecule has 0 amide bonds. The molecule has 2 heterocycles. The Bertz CT molecular complexity index is 497. The van der Waals surface area contributed by atoms with Gasteiger partial charge in [0.25, 0.3) is 0 Å². The smallest absolute Gasteiger partial charge is 0.341 e. The van der Waals surface area contributed by atoms with Gasteiger partial charge in [0.2, 0.25) is 5.95 Å². The molecule has 7 heteroatoms. The summed E-state index contributed by atoms with van der Waals surface area (Å²) in [6.45, 7) is 5.11. The van der Waals surface area contributed by atoms with E-state index in [4.69, 9.17) is 9.42 Å².